The lowest BCUT2D eigenvalue weighted by Gasteiger charge is -2.11. The van der Waals surface area contributed by atoms with Crippen molar-refractivity contribution in [3.05, 3.63) is 76.4 Å². The van der Waals surface area contributed by atoms with Crippen LogP contribution in [0.25, 0.3) is 6.08 Å². The Kier molecular flexibility index (Phi) is 8.13. The van der Waals surface area contributed by atoms with Crippen LogP contribution in [0.2, 0.25) is 0 Å². The molecule has 0 aliphatic carbocycles. The molecule has 0 bridgehead atoms. The van der Waals surface area contributed by atoms with E-state index in [0.717, 1.165) is 17.3 Å². The van der Waals surface area contributed by atoms with Crippen LogP contribution in [0, 0.1) is 31.3 Å². The second-order valence-corrected chi connectivity index (χ2v) is 7.32. The molecule has 35 heavy (non-hydrogen) atoms. The Bertz CT molecular complexity index is 1250. The lowest BCUT2D eigenvalue weighted by Crippen LogP contribution is -2.32. The zero-order valence-corrected chi connectivity index (χ0v) is 19.1. The number of carbonyl (C=O) groups is 2. The summed E-state index contributed by atoms with van der Waals surface area (Å²) >= 11 is 0. The Morgan fingerprint density at radius 3 is 2.54 bits per heavy atom. The Morgan fingerprint density at radius 1 is 1.09 bits per heavy atom. The van der Waals surface area contributed by atoms with Crippen molar-refractivity contribution in [2.45, 2.75) is 20.5 Å². The van der Waals surface area contributed by atoms with Gasteiger partial charge in [-0.1, -0.05) is 11.2 Å². The Labute approximate surface area is 198 Å². The Morgan fingerprint density at radius 2 is 1.86 bits per heavy atom. The largest absolute Gasteiger partial charge is 0.493 e. The number of amides is 2. The highest BCUT2D eigenvalue weighted by Crippen LogP contribution is 2.30. The molecule has 0 aliphatic heterocycles. The van der Waals surface area contributed by atoms with E-state index in [4.69, 9.17) is 14.0 Å². The van der Waals surface area contributed by atoms with Crippen LogP contribution in [0.4, 0.5) is 18.9 Å². The van der Waals surface area contributed by atoms with Crippen molar-refractivity contribution in [1.29, 1.82) is 0 Å². The summed E-state index contributed by atoms with van der Waals surface area (Å²) < 4.78 is 56.1. The molecule has 0 aliphatic rings. The van der Waals surface area contributed by atoms with Gasteiger partial charge in [0.25, 0.3) is 0 Å². The third-order valence-corrected chi connectivity index (χ3v) is 4.90. The number of nitrogens with one attached hydrogen (secondary N) is 2. The van der Waals surface area contributed by atoms with Gasteiger partial charge < -0.3 is 24.6 Å². The maximum absolute atomic E-state index is 13.6. The van der Waals surface area contributed by atoms with Crippen molar-refractivity contribution < 1.29 is 36.8 Å². The van der Waals surface area contributed by atoms with Gasteiger partial charge >= 0.3 is 0 Å². The number of methoxy groups -OCH3 is 1. The molecule has 0 atom stereocenters. The van der Waals surface area contributed by atoms with Crippen LogP contribution >= 0.6 is 0 Å². The first kappa shape index (κ1) is 25.3. The fourth-order valence-electron chi connectivity index (χ4n) is 2.98. The highest BCUT2D eigenvalue weighted by molar-refractivity contribution is 5.98. The molecule has 0 spiro atoms. The van der Waals surface area contributed by atoms with Crippen molar-refractivity contribution in [3.8, 4) is 11.5 Å². The molecule has 0 saturated heterocycles. The molecule has 2 aromatic carbocycles. The third kappa shape index (κ3) is 6.40. The van der Waals surface area contributed by atoms with Crippen molar-refractivity contribution in [3.63, 3.8) is 0 Å². The van der Waals surface area contributed by atoms with Crippen LogP contribution < -0.4 is 20.1 Å². The SMILES string of the molecule is COc1cc(/C=C/C(=O)NCC(=O)Nc2ccc(F)c(F)c2F)ccc1OCc1c(C)noc1C. The fraction of sp³-hybridized carbons (Fsp3) is 0.208. The molecule has 2 N–H and O–H groups in total. The maximum atomic E-state index is 13.6. The lowest BCUT2D eigenvalue weighted by molar-refractivity contribution is -0.121. The quantitative estimate of drug-likeness (QED) is 0.347. The van der Waals surface area contributed by atoms with E-state index in [1.165, 1.54) is 19.3 Å². The predicted octanol–water partition coefficient (Wildman–Crippen LogP) is 4.06. The van der Waals surface area contributed by atoms with Crippen molar-refractivity contribution in [1.82, 2.24) is 10.5 Å². The summed E-state index contributed by atoms with van der Waals surface area (Å²) in [7, 11) is 1.48. The van der Waals surface area contributed by atoms with E-state index in [-0.39, 0.29) is 6.61 Å². The van der Waals surface area contributed by atoms with Crippen LogP contribution in [0.5, 0.6) is 11.5 Å². The third-order valence-electron chi connectivity index (χ3n) is 4.90. The Hall–Kier alpha value is -4.28. The number of aromatic nitrogens is 1. The first-order valence-corrected chi connectivity index (χ1v) is 10.3. The molecule has 11 heteroatoms. The molecular formula is C24H22F3N3O5. The maximum Gasteiger partial charge on any atom is 0.244 e. The van der Waals surface area contributed by atoms with Gasteiger partial charge in [0.1, 0.15) is 12.4 Å². The van der Waals surface area contributed by atoms with Gasteiger partial charge in [-0.2, -0.15) is 0 Å². The summed E-state index contributed by atoms with van der Waals surface area (Å²) in [5, 5.41) is 8.24. The predicted molar refractivity (Wildman–Crippen MR) is 120 cm³/mol. The molecule has 184 valence electrons. The monoisotopic (exact) mass is 489 g/mol. The molecular weight excluding hydrogens is 467 g/mol. The minimum atomic E-state index is -1.70. The van der Waals surface area contributed by atoms with Crippen molar-refractivity contribution in [2.75, 3.05) is 19.0 Å². The molecule has 1 heterocycles. The van der Waals surface area contributed by atoms with E-state index in [9.17, 15) is 22.8 Å². The van der Waals surface area contributed by atoms with Gasteiger partial charge in [0.15, 0.2) is 29.0 Å². The van der Waals surface area contributed by atoms with E-state index >= 15 is 0 Å². The Balaban J connectivity index is 1.54. The van der Waals surface area contributed by atoms with Gasteiger partial charge in [-0.25, -0.2) is 13.2 Å². The highest BCUT2D eigenvalue weighted by Gasteiger charge is 2.15. The zero-order valence-electron chi connectivity index (χ0n) is 19.1. The molecule has 3 rings (SSSR count). The fourth-order valence-corrected chi connectivity index (χ4v) is 2.98. The normalized spacial score (nSPS) is 10.9. The number of aryl methyl sites for hydroxylation is 2. The van der Waals surface area contributed by atoms with Crippen molar-refractivity contribution in [2.24, 2.45) is 0 Å². The number of hydrogen-bond acceptors (Lipinski definition) is 6. The van der Waals surface area contributed by atoms with E-state index in [2.05, 4.69) is 15.8 Å². The number of carbonyl (C=O) groups excluding carboxylic acids is 2. The van der Waals surface area contributed by atoms with Gasteiger partial charge in [0.2, 0.25) is 11.8 Å². The number of rotatable bonds is 9. The summed E-state index contributed by atoms with van der Waals surface area (Å²) in [6, 6.07) is 6.59. The minimum Gasteiger partial charge on any atom is -0.493 e. The smallest absolute Gasteiger partial charge is 0.244 e. The molecule has 0 saturated carbocycles. The number of hydrogen-bond donors (Lipinski definition) is 2. The molecule has 0 unspecified atom stereocenters. The average Bonchev–Trinajstić information content (AvgIpc) is 3.17. The standard InChI is InChI=1S/C24H22F3N3O5/c1-13-16(14(2)35-30-13)12-34-19-8-4-15(10-20(19)33-3)5-9-21(31)28-11-22(32)29-18-7-6-17(25)23(26)24(18)27/h4-10H,11-12H2,1-3H3,(H,28,31)(H,29,32)/b9-5+. The summed E-state index contributed by atoms with van der Waals surface area (Å²) in [6.07, 6.45) is 2.67. The second-order valence-electron chi connectivity index (χ2n) is 7.32. The average molecular weight is 489 g/mol. The topological polar surface area (TPSA) is 103 Å². The molecule has 0 radical (unpaired) electrons. The van der Waals surface area contributed by atoms with Crippen LogP contribution in [0.1, 0.15) is 22.6 Å². The van der Waals surface area contributed by atoms with Crippen LogP contribution in [0.3, 0.4) is 0 Å². The van der Waals surface area contributed by atoms with Crippen LogP contribution in [-0.4, -0.2) is 30.6 Å². The second kappa shape index (κ2) is 11.2. The number of benzene rings is 2. The first-order chi connectivity index (χ1) is 16.7. The molecule has 0 fully saturated rings. The van der Waals surface area contributed by atoms with E-state index in [0.29, 0.717) is 28.9 Å². The van der Waals surface area contributed by atoms with Crippen LogP contribution in [-0.2, 0) is 16.2 Å². The summed E-state index contributed by atoms with van der Waals surface area (Å²) in [6.45, 7) is 3.33. The van der Waals surface area contributed by atoms with E-state index < -0.39 is 41.5 Å². The summed E-state index contributed by atoms with van der Waals surface area (Å²) in [5.74, 6) is -4.46. The summed E-state index contributed by atoms with van der Waals surface area (Å²) in [5.41, 5.74) is 1.65. The van der Waals surface area contributed by atoms with Gasteiger partial charge in [-0.15, -0.1) is 0 Å². The molecule has 8 nitrogen and oxygen atoms in total. The van der Waals surface area contributed by atoms with Gasteiger partial charge in [0.05, 0.1) is 30.6 Å². The van der Waals surface area contributed by atoms with E-state index in [1.54, 1.807) is 25.1 Å². The zero-order chi connectivity index (χ0) is 25.5. The lowest BCUT2D eigenvalue weighted by atomic mass is 10.2. The van der Waals surface area contributed by atoms with Gasteiger partial charge in [0, 0.05) is 6.08 Å². The van der Waals surface area contributed by atoms with Crippen molar-refractivity contribution >= 4 is 23.6 Å². The minimum absolute atomic E-state index is 0.242. The number of ether oxygens (including phenoxy) is 2. The molecule has 2 amide bonds. The van der Waals surface area contributed by atoms with Crippen LogP contribution in [0.15, 0.2) is 40.9 Å². The molecule has 1 aromatic heterocycles. The summed E-state index contributed by atoms with van der Waals surface area (Å²) in [4.78, 5) is 23.9. The number of anilines is 1. The number of halogens is 3. The first-order valence-electron chi connectivity index (χ1n) is 10.3. The van der Waals surface area contributed by atoms with E-state index in [1.807, 2.05) is 6.92 Å². The highest BCUT2D eigenvalue weighted by atomic mass is 19.2. The van der Waals surface area contributed by atoms with Gasteiger partial charge in [-0.3, -0.25) is 9.59 Å². The van der Waals surface area contributed by atoms with Gasteiger partial charge in [-0.05, 0) is 49.8 Å². The molecule has 3 aromatic rings. The number of nitrogens with zero attached hydrogens (tertiary/aromatic N) is 1.